The molecule has 0 bridgehead atoms. The zero-order valence-electron chi connectivity index (χ0n) is 16.4. The van der Waals surface area contributed by atoms with Crippen LogP contribution in [0.3, 0.4) is 0 Å². The third-order valence-electron chi connectivity index (χ3n) is 5.60. The first-order valence-corrected chi connectivity index (χ1v) is 10.4. The molecule has 1 aromatic heterocycles. The van der Waals surface area contributed by atoms with Gasteiger partial charge in [0.05, 0.1) is 12.3 Å². The van der Waals surface area contributed by atoms with Crippen LogP contribution in [0.4, 0.5) is 4.79 Å². The van der Waals surface area contributed by atoms with Crippen molar-refractivity contribution in [1.29, 1.82) is 0 Å². The van der Waals surface area contributed by atoms with E-state index in [9.17, 15) is 9.59 Å². The van der Waals surface area contributed by atoms with Gasteiger partial charge < -0.3 is 9.64 Å². The molecule has 1 fully saturated rings. The minimum absolute atomic E-state index is 0.258. The van der Waals surface area contributed by atoms with Crippen molar-refractivity contribution in [2.24, 2.45) is 0 Å². The lowest BCUT2D eigenvalue weighted by Crippen LogP contribution is -2.37. The summed E-state index contributed by atoms with van der Waals surface area (Å²) in [7, 11) is 0. The molecular formula is C23H23ClN2O3. The second kappa shape index (κ2) is 8.37. The Morgan fingerprint density at radius 1 is 1.14 bits per heavy atom. The molecule has 0 N–H and O–H groups in total. The molecule has 0 unspecified atom stereocenters. The van der Waals surface area contributed by atoms with E-state index < -0.39 is 0 Å². The number of ether oxygens (including phenoxy) is 1. The van der Waals surface area contributed by atoms with Gasteiger partial charge in [0.25, 0.3) is 0 Å². The van der Waals surface area contributed by atoms with Gasteiger partial charge in [0.2, 0.25) is 0 Å². The Kier molecular flexibility index (Phi) is 5.67. The van der Waals surface area contributed by atoms with Gasteiger partial charge in [0.15, 0.2) is 6.29 Å². The average molecular weight is 411 g/mol. The number of carbonyl (C=O) groups is 2. The molecule has 6 heteroatoms. The number of piperidine rings is 1. The summed E-state index contributed by atoms with van der Waals surface area (Å²) in [4.78, 5) is 29.9. The van der Waals surface area contributed by atoms with E-state index in [-0.39, 0.29) is 6.09 Å². The maximum atomic E-state index is 12.1. The second-order valence-electron chi connectivity index (χ2n) is 7.33. The van der Waals surface area contributed by atoms with Gasteiger partial charge in [-0.3, -0.25) is 4.79 Å². The van der Waals surface area contributed by atoms with E-state index in [4.69, 9.17) is 16.3 Å². The van der Waals surface area contributed by atoms with Crippen LogP contribution in [0.25, 0.3) is 5.57 Å². The summed E-state index contributed by atoms with van der Waals surface area (Å²) in [5, 5.41) is 0.720. The van der Waals surface area contributed by atoms with E-state index in [2.05, 4.69) is 11.1 Å². The molecule has 0 radical (unpaired) electrons. The van der Waals surface area contributed by atoms with Crippen molar-refractivity contribution in [3.05, 3.63) is 69.0 Å². The van der Waals surface area contributed by atoms with E-state index in [1.165, 1.54) is 11.1 Å². The first-order valence-electron chi connectivity index (χ1n) is 9.98. The van der Waals surface area contributed by atoms with E-state index >= 15 is 0 Å². The number of hydrogen-bond acceptors (Lipinski definition) is 4. The van der Waals surface area contributed by atoms with E-state index in [1.54, 1.807) is 11.0 Å². The molecule has 2 aliphatic rings. The highest BCUT2D eigenvalue weighted by Crippen LogP contribution is 2.38. The summed E-state index contributed by atoms with van der Waals surface area (Å²) >= 11 is 6.27. The Hall–Kier alpha value is -2.66. The lowest BCUT2D eigenvalue weighted by Gasteiger charge is -2.29. The second-order valence-corrected chi connectivity index (χ2v) is 7.76. The molecule has 1 aliphatic carbocycles. The van der Waals surface area contributed by atoms with E-state index in [1.807, 2.05) is 25.1 Å². The van der Waals surface area contributed by atoms with Gasteiger partial charge in [-0.2, -0.15) is 0 Å². The summed E-state index contributed by atoms with van der Waals surface area (Å²) in [5.74, 6) is 0. The fraction of sp³-hybridized carbons (Fsp3) is 0.348. The zero-order chi connectivity index (χ0) is 20.4. The molecule has 0 spiro atoms. The monoisotopic (exact) mass is 410 g/mol. The van der Waals surface area contributed by atoms with Crippen LogP contribution < -0.4 is 0 Å². The fourth-order valence-corrected chi connectivity index (χ4v) is 4.37. The minimum atomic E-state index is -0.258. The van der Waals surface area contributed by atoms with Gasteiger partial charge >= 0.3 is 6.09 Å². The highest BCUT2D eigenvalue weighted by Gasteiger charge is 2.27. The predicted octanol–water partition coefficient (Wildman–Crippen LogP) is 4.70. The smallest absolute Gasteiger partial charge is 0.409 e. The Bertz CT molecular complexity index is 990. The number of pyridine rings is 1. The SMILES string of the molecule is CCOC(=O)N1CCC(=C2c3ccc(Cl)cc3CCc3ccc(C=O)nc32)CC1. The number of amides is 1. The maximum absolute atomic E-state index is 12.1. The number of halogens is 1. The molecule has 4 rings (SSSR count). The van der Waals surface area contributed by atoms with Gasteiger partial charge in [-0.15, -0.1) is 0 Å². The lowest BCUT2D eigenvalue weighted by molar-refractivity contribution is 0.104. The van der Waals surface area contributed by atoms with Crippen LogP contribution in [0.1, 0.15) is 52.6 Å². The standard InChI is InChI=1S/C23H23ClN2O3/c1-2-29-23(28)26-11-9-15(10-12-26)21-20-8-6-18(24)13-17(20)4-3-16-5-7-19(14-27)25-22(16)21/h5-8,13-14H,2-4,9-12H2,1H3. The molecule has 1 aliphatic heterocycles. The Morgan fingerprint density at radius 2 is 1.90 bits per heavy atom. The van der Waals surface area contributed by atoms with Crippen molar-refractivity contribution in [2.75, 3.05) is 19.7 Å². The number of likely N-dealkylation sites (tertiary alicyclic amines) is 1. The van der Waals surface area contributed by atoms with Crippen LogP contribution in [0.5, 0.6) is 0 Å². The van der Waals surface area contributed by atoms with Gasteiger partial charge in [-0.1, -0.05) is 29.3 Å². The topological polar surface area (TPSA) is 59.5 Å². The number of aldehydes is 1. The molecule has 29 heavy (non-hydrogen) atoms. The first kappa shape index (κ1) is 19.6. The third kappa shape index (κ3) is 3.92. The largest absolute Gasteiger partial charge is 0.450 e. The molecule has 5 nitrogen and oxygen atoms in total. The number of nitrogens with zero attached hydrogens (tertiary/aromatic N) is 2. The molecular weight excluding hydrogens is 388 g/mol. The van der Waals surface area contributed by atoms with Crippen molar-refractivity contribution < 1.29 is 14.3 Å². The van der Waals surface area contributed by atoms with Gasteiger partial charge in [-0.25, -0.2) is 9.78 Å². The summed E-state index contributed by atoms with van der Waals surface area (Å²) in [5.41, 5.74) is 7.13. The summed E-state index contributed by atoms with van der Waals surface area (Å²) in [6, 6.07) is 9.78. The molecule has 1 aromatic carbocycles. The summed E-state index contributed by atoms with van der Waals surface area (Å²) < 4.78 is 5.14. The van der Waals surface area contributed by atoms with Crippen molar-refractivity contribution >= 4 is 29.6 Å². The van der Waals surface area contributed by atoms with Gasteiger partial charge in [0.1, 0.15) is 5.69 Å². The number of carbonyl (C=O) groups excluding carboxylic acids is 2. The highest BCUT2D eigenvalue weighted by molar-refractivity contribution is 6.30. The van der Waals surface area contributed by atoms with E-state index in [0.29, 0.717) is 25.4 Å². The number of benzene rings is 1. The maximum Gasteiger partial charge on any atom is 0.409 e. The Balaban J connectivity index is 1.80. The van der Waals surface area contributed by atoms with Crippen LogP contribution in [0.2, 0.25) is 5.02 Å². The summed E-state index contributed by atoms with van der Waals surface area (Å²) in [6.45, 7) is 3.42. The number of aromatic nitrogens is 1. The first-order chi connectivity index (χ1) is 14.1. The number of aryl methyl sites for hydroxylation is 2. The van der Waals surface area contributed by atoms with Crippen molar-refractivity contribution in [1.82, 2.24) is 9.88 Å². The fourth-order valence-electron chi connectivity index (χ4n) is 4.18. The number of fused-ring (bicyclic) bond motifs is 2. The minimum Gasteiger partial charge on any atom is -0.450 e. The molecule has 2 aromatic rings. The molecule has 2 heterocycles. The summed E-state index contributed by atoms with van der Waals surface area (Å²) in [6.07, 6.45) is 3.76. The van der Waals surface area contributed by atoms with Crippen LogP contribution in [-0.4, -0.2) is 42.0 Å². The molecule has 150 valence electrons. The van der Waals surface area contributed by atoms with Crippen molar-refractivity contribution in [3.8, 4) is 0 Å². The molecule has 0 atom stereocenters. The van der Waals surface area contributed by atoms with Crippen LogP contribution >= 0.6 is 11.6 Å². The molecule has 1 saturated heterocycles. The van der Waals surface area contributed by atoms with Crippen LogP contribution in [0, 0.1) is 0 Å². The van der Waals surface area contributed by atoms with Gasteiger partial charge in [0, 0.05) is 23.7 Å². The Labute approximate surface area is 175 Å². The Morgan fingerprint density at radius 3 is 2.62 bits per heavy atom. The van der Waals surface area contributed by atoms with Gasteiger partial charge in [-0.05, 0) is 67.5 Å². The van der Waals surface area contributed by atoms with Crippen molar-refractivity contribution in [2.45, 2.75) is 32.6 Å². The van der Waals surface area contributed by atoms with Crippen molar-refractivity contribution in [3.63, 3.8) is 0 Å². The zero-order valence-corrected chi connectivity index (χ0v) is 17.2. The molecule has 0 saturated carbocycles. The van der Waals surface area contributed by atoms with E-state index in [0.717, 1.165) is 59.4 Å². The normalized spacial score (nSPS) is 16.0. The number of rotatable bonds is 2. The highest BCUT2D eigenvalue weighted by atomic mass is 35.5. The number of hydrogen-bond donors (Lipinski definition) is 0. The quantitative estimate of drug-likeness (QED) is 0.673. The average Bonchev–Trinajstić information content (AvgIpc) is 2.90. The lowest BCUT2D eigenvalue weighted by atomic mass is 9.88. The third-order valence-corrected chi connectivity index (χ3v) is 5.84. The van der Waals surface area contributed by atoms with Crippen LogP contribution in [-0.2, 0) is 17.6 Å². The van der Waals surface area contributed by atoms with Crippen LogP contribution in [0.15, 0.2) is 35.9 Å². The molecule has 1 amide bonds. The predicted molar refractivity (Wildman–Crippen MR) is 112 cm³/mol.